The fraction of sp³-hybridized carbons (Fsp3) is 0.533. The standard InChI is InChI=1S/C45H63NO6/c1-4-6-8-10-11-12-13-14-15-16-17-18-19-20-21-23-35-50-41-31-29-39(30-32-41)38-25-27-40(28-26-38)45(47)52-42-33-34-44(43(36-42)46(48)49)51-37(3)24-22-9-7-5-2/h14-15,25-34,36-37H,4-13,16-24,35H2,1-3H3/b15-14-/t37-/m0/s1. The molecule has 0 saturated heterocycles. The smallest absolute Gasteiger partial charge is 0.343 e. The molecule has 0 radical (unpaired) electrons. The SMILES string of the molecule is CCCCCCCC/C=C\CCCCCCCCOc1ccc(-c2ccc(C(=O)Oc3ccc(O[C@@H](C)CCCCCC)c([N+](=O)[O-])c3)cc2)cc1. The second kappa shape index (κ2) is 25.8. The van der Waals surface area contributed by atoms with Crippen LogP contribution in [-0.2, 0) is 0 Å². The lowest BCUT2D eigenvalue weighted by atomic mass is 10.0. The van der Waals surface area contributed by atoms with Gasteiger partial charge >= 0.3 is 11.7 Å². The summed E-state index contributed by atoms with van der Waals surface area (Å²) in [4.78, 5) is 24.1. The van der Waals surface area contributed by atoms with Gasteiger partial charge in [-0.15, -0.1) is 0 Å². The minimum absolute atomic E-state index is 0.0940. The number of nitro groups is 1. The Morgan fingerprint density at radius 1 is 0.673 bits per heavy atom. The Bertz CT molecular complexity index is 1450. The van der Waals surface area contributed by atoms with Crippen LogP contribution in [0.1, 0.15) is 153 Å². The highest BCUT2D eigenvalue weighted by atomic mass is 16.6. The van der Waals surface area contributed by atoms with E-state index < -0.39 is 10.9 Å². The number of ether oxygens (including phenoxy) is 3. The predicted octanol–water partition coefficient (Wildman–Crippen LogP) is 13.6. The van der Waals surface area contributed by atoms with Gasteiger partial charge in [-0.05, 0) is 99.4 Å². The van der Waals surface area contributed by atoms with E-state index in [1.54, 1.807) is 12.1 Å². The van der Waals surface area contributed by atoms with E-state index in [1.165, 1.54) is 102 Å². The molecule has 0 spiro atoms. The summed E-state index contributed by atoms with van der Waals surface area (Å²) in [7, 11) is 0. The number of rotatable bonds is 28. The molecule has 0 bridgehead atoms. The molecular formula is C45H63NO6. The number of benzene rings is 3. The normalized spacial score (nSPS) is 11.8. The minimum Gasteiger partial charge on any atom is -0.494 e. The van der Waals surface area contributed by atoms with Crippen LogP contribution in [-0.4, -0.2) is 23.6 Å². The van der Waals surface area contributed by atoms with Crippen molar-refractivity contribution in [3.05, 3.63) is 94.6 Å². The average molecular weight is 714 g/mol. The summed E-state index contributed by atoms with van der Waals surface area (Å²) in [6.07, 6.45) is 27.9. The molecule has 7 nitrogen and oxygen atoms in total. The zero-order valence-electron chi connectivity index (χ0n) is 32.1. The molecule has 0 N–H and O–H groups in total. The molecule has 3 aromatic carbocycles. The van der Waals surface area contributed by atoms with Crippen LogP contribution in [0.3, 0.4) is 0 Å². The van der Waals surface area contributed by atoms with Crippen molar-refractivity contribution in [3.63, 3.8) is 0 Å². The summed E-state index contributed by atoms with van der Waals surface area (Å²) < 4.78 is 17.3. The molecule has 52 heavy (non-hydrogen) atoms. The van der Waals surface area contributed by atoms with Gasteiger partial charge in [0.1, 0.15) is 11.5 Å². The van der Waals surface area contributed by atoms with Crippen LogP contribution in [0.15, 0.2) is 78.9 Å². The molecule has 0 amide bonds. The molecule has 0 aliphatic carbocycles. The van der Waals surface area contributed by atoms with Crippen molar-refractivity contribution < 1.29 is 23.9 Å². The van der Waals surface area contributed by atoms with Crippen LogP contribution in [0.25, 0.3) is 11.1 Å². The summed E-state index contributed by atoms with van der Waals surface area (Å²) in [5.74, 6) is 0.529. The van der Waals surface area contributed by atoms with Gasteiger partial charge < -0.3 is 14.2 Å². The summed E-state index contributed by atoms with van der Waals surface area (Å²) in [6.45, 7) is 7.06. The number of carbonyl (C=O) groups excluding carboxylic acids is 1. The van der Waals surface area contributed by atoms with E-state index in [2.05, 4.69) is 26.0 Å². The molecule has 0 fully saturated rings. The fourth-order valence-corrected chi connectivity index (χ4v) is 6.19. The molecule has 0 saturated carbocycles. The lowest BCUT2D eigenvalue weighted by Crippen LogP contribution is -2.13. The first-order valence-corrected chi connectivity index (χ1v) is 20.1. The van der Waals surface area contributed by atoms with Gasteiger partial charge in [0.25, 0.3) is 0 Å². The van der Waals surface area contributed by atoms with Crippen molar-refractivity contribution in [2.75, 3.05) is 6.61 Å². The first-order valence-electron chi connectivity index (χ1n) is 20.1. The highest BCUT2D eigenvalue weighted by Gasteiger charge is 2.20. The molecule has 0 aliphatic rings. The topological polar surface area (TPSA) is 87.9 Å². The second-order valence-electron chi connectivity index (χ2n) is 13.9. The third-order valence-electron chi connectivity index (χ3n) is 9.36. The van der Waals surface area contributed by atoms with E-state index in [1.807, 2.05) is 43.3 Å². The number of carbonyl (C=O) groups is 1. The van der Waals surface area contributed by atoms with Crippen molar-refractivity contribution in [1.82, 2.24) is 0 Å². The van der Waals surface area contributed by atoms with E-state index in [9.17, 15) is 14.9 Å². The fourth-order valence-electron chi connectivity index (χ4n) is 6.19. The van der Waals surface area contributed by atoms with Gasteiger partial charge in [-0.2, -0.15) is 0 Å². The number of nitro benzene ring substituents is 1. The molecule has 0 aliphatic heterocycles. The van der Waals surface area contributed by atoms with Crippen molar-refractivity contribution in [3.8, 4) is 28.4 Å². The van der Waals surface area contributed by atoms with Crippen molar-refractivity contribution >= 4 is 11.7 Å². The van der Waals surface area contributed by atoms with Gasteiger partial charge in [0, 0.05) is 0 Å². The predicted molar refractivity (Wildman–Crippen MR) is 214 cm³/mol. The summed E-state index contributed by atoms with van der Waals surface area (Å²) >= 11 is 0. The Kier molecular flexibility index (Phi) is 20.9. The highest BCUT2D eigenvalue weighted by Crippen LogP contribution is 2.33. The third kappa shape index (κ3) is 16.9. The first-order chi connectivity index (χ1) is 25.4. The van der Waals surface area contributed by atoms with E-state index in [0.717, 1.165) is 55.4 Å². The van der Waals surface area contributed by atoms with Gasteiger partial charge in [0.15, 0.2) is 5.75 Å². The number of allylic oxidation sites excluding steroid dienone is 2. The molecule has 3 rings (SSSR count). The Labute approximate surface area is 313 Å². The van der Waals surface area contributed by atoms with E-state index in [4.69, 9.17) is 14.2 Å². The molecule has 0 heterocycles. The molecular weight excluding hydrogens is 650 g/mol. The van der Waals surface area contributed by atoms with Crippen LogP contribution < -0.4 is 14.2 Å². The summed E-state index contributed by atoms with van der Waals surface area (Å²) in [5, 5.41) is 11.8. The number of nitrogens with zero attached hydrogens (tertiary/aromatic N) is 1. The van der Waals surface area contributed by atoms with Gasteiger partial charge in [0.05, 0.1) is 29.3 Å². The summed E-state index contributed by atoms with van der Waals surface area (Å²) in [5.41, 5.74) is 2.09. The van der Waals surface area contributed by atoms with Gasteiger partial charge in [-0.1, -0.05) is 127 Å². The summed E-state index contributed by atoms with van der Waals surface area (Å²) in [6, 6.07) is 19.4. The maximum absolute atomic E-state index is 12.9. The average Bonchev–Trinajstić information content (AvgIpc) is 3.15. The molecule has 1 atom stereocenters. The van der Waals surface area contributed by atoms with E-state index in [-0.39, 0.29) is 23.3 Å². The number of esters is 1. The van der Waals surface area contributed by atoms with Crippen molar-refractivity contribution in [2.45, 2.75) is 149 Å². The van der Waals surface area contributed by atoms with Crippen LogP contribution >= 0.6 is 0 Å². The quantitative estimate of drug-likeness (QED) is 0.0186. The third-order valence-corrected chi connectivity index (χ3v) is 9.36. The number of unbranched alkanes of at least 4 members (excludes halogenated alkanes) is 15. The highest BCUT2D eigenvalue weighted by molar-refractivity contribution is 5.91. The van der Waals surface area contributed by atoms with Crippen LogP contribution in [0.4, 0.5) is 5.69 Å². The largest absolute Gasteiger partial charge is 0.494 e. The van der Waals surface area contributed by atoms with Crippen LogP contribution in [0, 0.1) is 10.1 Å². The Morgan fingerprint density at radius 2 is 1.19 bits per heavy atom. The zero-order chi connectivity index (χ0) is 37.2. The molecule has 0 aromatic heterocycles. The Balaban J connectivity index is 1.33. The maximum atomic E-state index is 12.9. The van der Waals surface area contributed by atoms with Crippen molar-refractivity contribution in [2.24, 2.45) is 0 Å². The lowest BCUT2D eigenvalue weighted by Gasteiger charge is -2.15. The molecule has 3 aromatic rings. The number of hydrogen-bond acceptors (Lipinski definition) is 6. The molecule has 284 valence electrons. The zero-order valence-corrected chi connectivity index (χ0v) is 32.1. The monoisotopic (exact) mass is 713 g/mol. The molecule has 0 unspecified atom stereocenters. The minimum atomic E-state index is -0.589. The van der Waals surface area contributed by atoms with E-state index >= 15 is 0 Å². The first kappa shape index (κ1) is 42.3. The van der Waals surface area contributed by atoms with Crippen molar-refractivity contribution in [1.29, 1.82) is 0 Å². The van der Waals surface area contributed by atoms with Crippen LogP contribution in [0.2, 0.25) is 0 Å². The van der Waals surface area contributed by atoms with E-state index in [0.29, 0.717) is 12.2 Å². The lowest BCUT2D eigenvalue weighted by molar-refractivity contribution is -0.386. The second-order valence-corrected chi connectivity index (χ2v) is 13.9. The Hall–Kier alpha value is -4.13. The molecule has 7 heteroatoms. The van der Waals surface area contributed by atoms with Gasteiger partial charge in [0.2, 0.25) is 0 Å². The number of hydrogen-bond donors (Lipinski definition) is 0. The van der Waals surface area contributed by atoms with Crippen LogP contribution in [0.5, 0.6) is 17.2 Å². The van der Waals surface area contributed by atoms with Gasteiger partial charge in [-0.3, -0.25) is 10.1 Å². The Morgan fingerprint density at radius 3 is 1.79 bits per heavy atom. The van der Waals surface area contributed by atoms with Gasteiger partial charge in [-0.25, -0.2) is 4.79 Å². The maximum Gasteiger partial charge on any atom is 0.343 e.